The molecule has 0 saturated carbocycles. The third-order valence-electron chi connectivity index (χ3n) is 5.12. The van der Waals surface area contributed by atoms with Crippen molar-refractivity contribution in [1.82, 2.24) is 9.47 Å². The topological polar surface area (TPSA) is 59.4 Å². The van der Waals surface area contributed by atoms with Crippen LogP contribution in [0.4, 0.5) is 0 Å². The van der Waals surface area contributed by atoms with E-state index in [2.05, 4.69) is 15.9 Å². The van der Waals surface area contributed by atoms with Gasteiger partial charge in [0.05, 0.1) is 18.2 Å². The van der Waals surface area contributed by atoms with E-state index < -0.39 is 15.9 Å². The lowest BCUT2D eigenvalue weighted by molar-refractivity contribution is -0.132. The first-order valence-electron chi connectivity index (χ1n) is 9.57. The molecule has 0 aliphatic carbocycles. The van der Waals surface area contributed by atoms with Crippen LogP contribution in [0.3, 0.4) is 0 Å². The summed E-state index contributed by atoms with van der Waals surface area (Å²) >= 11 is 3.52. The Balaban J connectivity index is 1.54. The molecule has 2 aromatic carbocycles. The minimum atomic E-state index is -3.27. The van der Waals surface area contributed by atoms with Gasteiger partial charge in [0.2, 0.25) is 5.91 Å². The molecule has 1 atom stereocenters. The van der Waals surface area contributed by atoms with E-state index >= 15 is 0 Å². The predicted molar refractivity (Wildman–Crippen MR) is 121 cm³/mol. The highest BCUT2D eigenvalue weighted by Crippen LogP contribution is 2.23. The molecule has 7 heteroatoms. The quantitative estimate of drug-likeness (QED) is 0.528. The van der Waals surface area contributed by atoms with Crippen LogP contribution >= 0.6 is 15.9 Å². The summed E-state index contributed by atoms with van der Waals surface area (Å²) in [5.41, 5.74) is 2.84. The molecule has 1 unspecified atom stereocenters. The Morgan fingerprint density at radius 3 is 2.37 bits per heavy atom. The van der Waals surface area contributed by atoms with Gasteiger partial charge in [-0.15, -0.1) is 0 Å². The highest BCUT2D eigenvalue weighted by Gasteiger charge is 2.30. The molecule has 2 heterocycles. The molecule has 5 nitrogen and oxygen atoms in total. The predicted octanol–water partition coefficient (Wildman–Crippen LogP) is 4.12. The minimum absolute atomic E-state index is 0.0737. The number of benzene rings is 2. The summed E-state index contributed by atoms with van der Waals surface area (Å²) in [6.07, 6.45) is 5.75. The molecule has 0 bridgehead atoms. The van der Waals surface area contributed by atoms with E-state index in [-0.39, 0.29) is 18.1 Å². The summed E-state index contributed by atoms with van der Waals surface area (Å²) < 4.78 is 26.8. The number of aromatic nitrogens is 1. The fourth-order valence-electron chi connectivity index (χ4n) is 3.52. The molecule has 4 rings (SSSR count). The van der Waals surface area contributed by atoms with Crippen molar-refractivity contribution in [3.63, 3.8) is 0 Å². The van der Waals surface area contributed by atoms with Crippen molar-refractivity contribution < 1.29 is 13.2 Å². The lowest BCUT2D eigenvalue weighted by Gasteiger charge is -2.28. The summed E-state index contributed by atoms with van der Waals surface area (Å²) in [5, 5.41) is 1.21. The Hall–Kier alpha value is -2.64. The van der Waals surface area contributed by atoms with Crippen molar-refractivity contribution in [1.29, 1.82) is 0 Å². The van der Waals surface area contributed by atoms with E-state index in [0.29, 0.717) is 6.54 Å². The summed E-state index contributed by atoms with van der Waals surface area (Å²) in [7, 11) is -3.27. The van der Waals surface area contributed by atoms with Gasteiger partial charge < -0.3 is 9.47 Å². The lowest BCUT2D eigenvalue weighted by atomic mass is 10.1. The first kappa shape index (κ1) is 20.6. The fourth-order valence-corrected chi connectivity index (χ4v) is 5.23. The summed E-state index contributed by atoms with van der Waals surface area (Å²) in [6.45, 7) is 0.340. The number of amides is 1. The first-order valence-corrected chi connectivity index (χ1v) is 12.1. The molecule has 0 radical (unpaired) electrons. The zero-order valence-corrected chi connectivity index (χ0v) is 18.6. The summed E-state index contributed by atoms with van der Waals surface area (Å²) in [4.78, 5) is 14.9. The molecule has 0 saturated heterocycles. The molecular weight excluding hydrogens is 464 g/mol. The summed E-state index contributed by atoms with van der Waals surface area (Å²) in [5.74, 6) is -0.179. The molecule has 154 valence electrons. The van der Waals surface area contributed by atoms with Crippen LogP contribution in [0.1, 0.15) is 11.1 Å². The molecule has 1 aliphatic heterocycles. The number of hydrogen-bond acceptors (Lipinski definition) is 3. The molecule has 1 amide bonds. The highest BCUT2D eigenvalue weighted by molar-refractivity contribution is 9.10. The van der Waals surface area contributed by atoms with Gasteiger partial charge in [0.1, 0.15) is 0 Å². The molecule has 0 N–H and O–H groups in total. The first-order chi connectivity index (χ1) is 14.4. The summed E-state index contributed by atoms with van der Waals surface area (Å²) in [6, 6.07) is 18.9. The van der Waals surface area contributed by atoms with Crippen LogP contribution < -0.4 is 0 Å². The zero-order valence-electron chi connectivity index (χ0n) is 16.2. The van der Waals surface area contributed by atoms with Gasteiger partial charge in [-0.05, 0) is 47.5 Å². The van der Waals surface area contributed by atoms with Crippen molar-refractivity contribution in [2.75, 3.05) is 5.75 Å². The average molecular weight is 485 g/mol. The van der Waals surface area contributed by atoms with Crippen LogP contribution in [-0.2, 0) is 27.6 Å². The van der Waals surface area contributed by atoms with Crippen molar-refractivity contribution in [2.45, 2.75) is 19.0 Å². The van der Waals surface area contributed by atoms with Gasteiger partial charge in [-0.25, -0.2) is 8.42 Å². The zero-order chi connectivity index (χ0) is 21.1. The molecular formula is C23H21BrN2O3S. The van der Waals surface area contributed by atoms with Crippen LogP contribution in [0.15, 0.2) is 89.0 Å². The third-order valence-corrected chi connectivity index (χ3v) is 7.28. The Kier molecular flexibility index (Phi) is 5.92. The average Bonchev–Trinajstić information content (AvgIpc) is 3.37. The van der Waals surface area contributed by atoms with Crippen LogP contribution in [0.5, 0.6) is 0 Å². The Morgan fingerprint density at radius 2 is 1.73 bits per heavy atom. The van der Waals surface area contributed by atoms with Crippen LogP contribution in [-0.4, -0.2) is 35.6 Å². The van der Waals surface area contributed by atoms with Crippen molar-refractivity contribution in [2.24, 2.45) is 0 Å². The number of sulfone groups is 1. The Labute approximate surface area is 184 Å². The monoisotopic (exact) mass is 484 g/mol. The number of halogens is 1. The van der Waals surface area contributed by atoms with E-state index in [0.717, 1.165) is 21.3 Å². The largest absolute Gasteiger partial charge is 0.331 e. The maximum Gasteiger partial charge on any atom is 0.227 e. The van der Waals surface area contributed by atoms with Crippen LogP contribution in [0.25, 0.3) is 5.69 Å². The molecule has 1 aromatic heterocycles. The lowest BCUT2D eigenvalue weighted by Crippen LogP contribution is -2.41. The Bertz CT molecular complexity index is 1170. The highest BCUT2D eigenvalue weighted by atomic mass is 79.9. The van der Waals surface area contributed by atoms with Crippen molar-refractivity contribution >= 4 is 31.7 Å². The van der Waals surface area contributed by atoms with Crippen molar-refractivity contribution in [3.05, 3.63) is 100 Å². The van der Waals surface area contributed by atoms with Crippen molar-refractivity contribution in [3.8, 4) is 5.69 Å². The van der Waals surface area contributed by atoms with Gasteiger partial charge in [0.25, 0.3) is 0 Å². The van der Waals surface area contributed by atoms with Gasteiger partial charge in [-0.2, -0.15) is 0 Å². The normalized spacial score (nSPS) is 17.2. The smallest absolute Gasteiger partial charge is 0.227 e. The maximum absolute atomic E-state index is 13.2. The van der Waals surface area contributed by atoms with Gasteiger partial charge in [0, 0.05) is 34.5 Å². The minimum Gasteiger partial charge on any atom is -0.331 e. The number of carbonyl (C=O) groups excluding carboxylic acids is 1. The number of rotatable bonds is 6. The van der Waals surface area contributed by atoms with E-state index in [1.54, 1.807) is 11.0 Å². The number of nitrogens with zero attached hydrogens (tertiary/aromatic N) is 2. The third kappa shape index (κ3) is 4.74. The number of hydrogen-bond donors (Lipinski definition) is 0. The molecule has 0 fully saturated rings. The number of carbonyl (C=O) groups is 1. The molecule has 30 heavy (non-hydrogen) atoms. The second kappa shape index (κ2) is 8.62. The Morgan fingerprint density at radius 1 is 1.03 bits per heavy atom. The van der Waals surface area contributed by atoms with Gasteiger partial charge in [-0.3, -0.25) is 4.79 Å². The standard InChI is InChI=1S/C23H21BrN2O3S/c24-22-6-2-1-5-19(22)16-26(21-11-14-30(28,29)17-21)23(27)15-18-7-9-20(10-8-18)25-12-3-4-13-25/h1-14,21H,15-17H2. The SMILES string of the molecule is O=C(Cc1ccc(-n2cccc2)cc1)N(Cc1ccccc1Br)C1C=CS(=O)(=O)C1. The van der Waals surface area contributed by atoms with Gasteiger partial charge in [-0.1, -0.05) is 46.3 Å². The molecule has 3 aromatic rings. The second-order valence-electron chi connectivity index (χ2n) is 7.27. The van der Waals surface area contributed by atoms with Crippen LogP contribution in [0.2, 0.25) is 0 Å². The molecule has 1 aliphatic rings. The maximum atomic E-state index is 13.2. The van der Waals surface area contributed by atoms with Crippen LogP contribution in [0, 0.1) is 0 Å². The van der Waals surface area contributed by atoms with Gasteiger partial charge >= 0.3 is 0 Å². The van der Waals surface area contributed by atoms with E-state index in [1.807, 2.05) is 77.6 Å². The fraction of sp³-hybridized carbons (Fsp3) is 0.174. The molecule has 0 spiro atoms. The van der Waals surface area contributed by atoms with E-state index in [1.165, 1.54) is 5.41 Å². The second-order valence-corrected chi connectivity index (χ2v) is 10.1. The van der Waals surface area contributed by atoms with E-state index in [4.69, 9.17) is 0 Å². The van der Waals surface area contributed by atoms with Gasteiger partial charge in [0.15, 0.2) is 9.84 Å². The van der Waals surface area contributed by atoms with E-state index in [9.17, 15) is 13.2 Å².